The van der Waals surface area contributed by atoms with Crippen molar-refractivity contribution in [2.45, 2.75) is 25.7 Å². The van der Waals surface area contributed by atoms with Crippen LogP contribution < -0.4 is 5.32 Å². The molecule has 0 amide bonds. The third-order valence-corrected chi connectivity index (χ3v) is 7.61. The quantitative estimate of drug-likeness (QED) is 0.0324. The van der Waals surface area contributed by atoms with Crippen LogP contribution in [0.25, 0.3) is 0 Å². The third-order valence-electron chi connectivity index (χ3n) is 6.84. The number of rotatable bonds is 42. The van der Waals surface area contributed by atoms with Gasteiger partial charge in [-0.2, -0.15) is 0 Å². The largest absolute Gasteiger partial charge is 0.379 e. The Morgan fingerprint density at radius 1 is 0.453 bits per heavy atom. The van der Waals surface area contributed by atoms with Crippen molar-refractivity contribution in [1.29, 1.82) is 0 Å². The third kappa shape index (κ3) is 32.1. The second-order valence-electron chi connectivity index (χ2n) is 11.0. The molecular formula is C34H60IN3O15. The summed E-state index contributed by atoms with van der Waals surface area (Å²) in [6, 6.07) is 3.43. The molecule has 0 aromatic heterocycles. The number of hydrogen-bond donors (Lipinski definition) is 1. The number of nitro groups is 2. The lowest BCUT2D eigenvalue weighted by atomic mass is 10.2. The second kappa shape index (κ2) is 38.4. The zero-order chi connectivity index (χ0) is 38.3. The normalized spacial score (nSPS) is 11.3. The minimum atomic E-state index is -0.680. The van der Waals surface area contributed by atoms with Crippen LogP contribution in [0.5, 0.6) is 0 Å². The van der Waals surface area contributed by atoms with E-state index in [2.05, 4.69) is 27.9 Å². The molecule has 53 heavy (non-hydrogen) atoms. The first-order valence-electron chi connectivity index (χ1n) is 18.1. The van der Waals surface area contributed by atoms with Gasteiger partial charge in [-0.15, -0.1) is 0 Å². The summed E-state index contributed by atoms with van der Waals surface area (Å²) < 4.78 is 61.5. The fraction of sp³-hybridized carbons (Fsp3) is 0.824. The van der Waals surface area contributed by atoms with Crippen molar-refractivity contribution in [2.24, 2.45) is 0 Å². The second-order valence-corrected chi connectivity index (χ2v) is 12.1. The molecule has 0 saturated carbocycles. The van der Waals surface area contributed by atoms with Gasteiger partial charge in [-0.3, -0.25) is 20.2 Å². The highest BCUT2D eigenvalue weighted by atomic mass is 127. The Labute approximate surface area is 326 Å². The van der Waals surface area contributed by atoms with E-state index in [1.165, 1.54) is 35.8 Å². The summed E-state index contributed by atoms with van der Waals surface area (Å²) in [6.07, 6.45) is 4.93. The molecule has 0 atom stereocenters. The first kappa shape index (κ1) is 49.1. The number of nitrogens with one attached hydrogen (secondary N) is 1. The summed E-state index contributed by atoms with van der Waals surface area (Å²) in [7, 11) is 0. The Balaban J connectivity index is 1.70. The highest BCUT2D eigenvalue weighted by Gasteiger charge is 2.19. The Hall–Kier alpha value is -1.89. The zero-order valence-corrected chi connectivity index (χ0v) is 33.1. The Morgan fingerprint density at radius 3 is 1.13 bits per heavy atom. The first-order chi connectivity index (χ1) is 26.1. The molecule has 1 N–H and O–H groups in total. The van der Waals surface area contributed by atoms with E-state index in [-0.39, 0.29) is 23.7 Å². The van der Waals surface area contributed by atoms with E-state index < -0.39 is 9.85 Å². The predicted molar refractivity (Wildman–Crippen MR) is 205 cm³/mol. The standard InChI is InChI=1S/C34H60IN3O15/c35-7-3-1-2-4-9-43-11-13-45-15-17-47-19-21-49-23-25-51-27-29-53-30-28-52-26-24-50-22-20-48-18-16-46-14-12-44-10-8-36-33-6-5-32(37(39)40)31-34(33)38(41)42/h5-6,31,36H,1-4,7-30H2. The molecule has 19 heteroatoms. The maximum absolute atomic E-state index is 11.2. The smallest absolute Gasteiger partial charge is 0.299 e. The number of benzene rings is 1. The van der Waals surface area contributed by atoms with Gasteiger partial charge < -0.3 is 57.4 Å². The van der Waals surface area contributed by atoms with E-state index in [4.69, 9.17) is 52.1 Å². The fourth-order valence-electron chi connectivity index (χ4n) is 4.15. The Morgan fingerprint density at radius 2 is 0.792 bits per heavy atom. The number of halogens is 1. The van der Waals surface area contributed by atoms with Gasteiger partial charge in [0, 0.05) is 19.2 Å². The summed E-state index contributed by atoms with van der Waals surface area (Å²) >= 11 is 2.41. The van der Waals surface area contributed by atoms with Gasteiger partial charge in [0.25, 0.3) is 11.4 Å². The van der Waals surface area contributed by atoms with Crippen LogP contribution in [0.2, 0.25) is 0 Å². The van der Waals surface area contributed by atoms with E-state index in [0.29, 0.717) is 139 Å². The number of unbranched alkanes of at least 4 members (excludes halogenated alkanes) is 3. The van der Waals surface area contributed by atoms with E-state index in [9.17, 15) is 20.2 Å². The monoisotopic (exact) mass is 877 g/mol. The van der Waals surface area contributed by atoms with Crippen LogP contribution in [0.4, 0.5) is 17.1 Å². The minimum absolute atomic E-state index is 0.187. The van der Waals surface area contributed by atoms with Gasteiger partial charge >= 0.3 is 0 Å². The number of anilines is 1. The van der Waals surface area contributed by atoms with Crippen LogP contribution in [0, 0.1) is 20.2 Å². The van der Waals surface area contributed by atoms with Crippen molar-refractivity contribution in [2.75, 3.05) is 162 Å². The minimum Gasteiger partial charge on any atom is -0.379 e. The van der Waals surface area contributed by atoms with Crippen molar-refractivity contribution < 1.29 is 62.0 Å². The molecule has 0 aliphatic carbocycles. The summed E-state index contributed by atoms with van der Waals surface area (Å²) in [6.45, 7) is 11.0. The van der Waals surface area contributed by atoms with Crippen LogP contribution in [-0.4, -0.2) is 166 Å². The number of non-ortho nitro benzene ring substituents is 1. The van der Waals surface area contributed by atoms with Crippen molar-refractivity contribution in [1.82, 2.24) is 0 Å². The van der Waals surface area contributed by atoms with E-state index in [1.807, 2.05) is 0 Å². The topological polar surface area (TPSA) is 200 Å². The van der Waals surface area contributed by atoms with Crippen molar-refractivity contribution in [3.8, 4) is 0 Å². The van der Waals surface area contributed by atoms with E-state index in [0.717, 1.165) is 19.1 Å². The number of nitrogens with zero attached hydrogens (tertiary/aromatic N) is 2. The first-order valence-corrected chi connectivity index (χ1v) is 19.7. The SMILES string of the molecule is O=[N+]([O-])c1ccc(NCCOCCOCCOCCOCCOCCOCCOCCOCCOCCOCCOCCCCCCI)c([N+](=O)[O-])c1. The maximum atomic E-state index is 11.2. The number of nitro benzene ring substituents is 2. The Bertz CT molecular complexity index is 1000. The maximum Gasteiger partial charge on any atom is 0.299 e. The van der Waals surface area contributed by atoms with Crippen molar-refractivity contribution in [3.63, 3.8) is 0 Å². The van der Waals surface area contributed by atoms with Crippen LogP contribution >= 0.6 is 22.6 Å². The van der Waals surface area contributed by atoms with Gasteiger partial charge in [0.05, 0.1) is 155 Å². The highest BCUT2D eigenvalue weighted by molar-refractivity contribution is 14.1. The number of alkyl halides is 1. The van der Waals surface area contributed by atoms with Gasteiger partial charge in [-0.1, -0.05) is 35.4 Å². The molecule has 308 valence electrons. The molecule has 0 heterocycles. The average Bonchev–Trinajstić information content (AvgIpc) is 3.15. The van der Waals surface area contributed by atoms with Crippen LogP contribution in [-0.2, 0) is 52.1 Å². The molecule has 0 unspecified atom stereocenters. The molecule has 0 aliphatic rings. The molecular weight excluding hydrogens is 817 g/mol. The molecule has 0 fully saturated rings. The summed E-state index contributed by atoms with van der Waals surface area (Å²) in [5.41, 5.74) is -0.523. The van der Waals surface area contributed by atoms with Crippen molar-refractivity contribution in [3.05, 3.63) is 38.4 Å². The number of hydrogen-bond acceptors (Lipinski definition) is 16. The molecule has 0 spiro atoms. The van der Waals surface area contributed by atoms with Crippen molar-refractivity contribution >= 4 is 39.7 Å². The molecule has 1 aromatic rings. The molecule has 0 radical (unpaired) electrons. The fourth-order valence-corrected chi connectivity index (χ4v) is 4.68. The molecule has 1 aromatic carbocycles. The van der Waals surface area contributed by atoms with Gasteiger partial charge in [0.1, 0.15) is 5.69 Å². The molecule has 18 nitrogen and oxygen atoms in total. The van der Waals surface area contributed by atoms with Gasteiger partial charge in [0.15, 0.2) is 0 Å². The van der Waals surface area contributed by atoms with Crippen LogP contribution in [0.1, 0.15) is 25.7 Å². The zero-order valence-electron chi connectivity index (χ0n) is 30.9. The molecule has 0 saturated heterocycles. The molecule has 0 aliphatic heterocycles. The summed E-state index contributed by atoms with van der Waals surface area (Å²) in [4.78, 5) is 20.6. The van der Waals surface area contributed by atoms with E-state index >= 15 is 0 Å². The summed E-state index contributed by atoms with van der Waals surface area (Å²) in [5.74, 6) is 0. The lowest BCUT2D eigenvalue weighted by molar-refractivity contribution is -0.393. The number of ether oxygens (including phenoxy) is 11. The van der Waals surface area contributed by atoms with Gasteiger partial charge in [0.2, 0.25) is 0 Å². The van der Waals surface area contributed by atoms with Crippen LogP contribution in [0.3, 0.4) is 0 Å². The lowest BCUT2D eigenvalue weighted by Gasteiger charge is -2.09. The lowest BCUT2D eigenvalue weighted by Crippen LogP contribution is -2.16. The molecule has 0 bridgehead atoms. The highest BCUT2D eigenvalue weighted by Crippen LogP contribution is 2.28. The summed E-state index contributed by atoms with van der Waals surface area (Å²) in [5, 5.41) is 24.8. The molecule has 1 rings (SSSR count). The van der Waals surface area contributed by atoms with Crippen LogP contribution in [0.15, 0.2) is 18.2 Å². The predicted octanol–water partition coefficient (Wildman–Crippen LogP) is 4.09. The van der Waals surface area contributed by atoms with Gasteiger partial charge in [-0.25, -0.2) is 0 Å². The average molecular weight is 878 g/mol. The van der Waals surface area contributed by atoms with E-state index in [1.54, 1.807) is 0 Å². The Kier molecular flexibility index (Phi) is 35.6. The van der Waals surface area contributed by atoms with Gasteiger partial charge in [-0.05, 0) is 23.3 Å².